The van der Waals surface area contributed by atoms with Crippen molar-refractivity contribution in [2.24, 2.45) is 5.41 Å². The first-order chi connectivity index (χ1) is 10.1. The summed E-state index contributed by atoms with van der Waals surface area (Å²) in [7, 11) is 0. The van der Waals surface area contributed by atoms with E-state index in [0.717, 1.165) is 37.6 Å². The summed E-state index contributed by atoms with van der Waals surface area (Å²) >= 11 is 0. The van der Waals surface area contributed by atoms with Crippen LogP contribution in [0.2, 0.25) is 0 Å². The van der Waals surface area contributed by atoms with Gasteiger partial charge in [-0.3, -0.25) is 4.90 Å². The number of hydrogen-bond donors (Lipinski definition) is 1. The fraction of sp³-hybridized carbons (Fsp3) is 0.778. The van der Waals surface area contributed by atoms with E-state index < -0.39 is 0 Å². The Morgan fingerprint density at radius 3 is 2.67 bits per heavy atom. The molecule has 1 aliphatic heterocycles. The van der Waals surface area contributed by atoms with E-state index in [1.54, 1.807) is 0 Å². The molecule has 1 aliphatic rings. The number of nitrogens with zero attached hydrogens (tertiary/aromatic N) is 1. The van der Waals surface area contributed by atoms with Gasteiger partial charge in [0.25, 0.3) is 0 Å². The molecule has 1 fully saturated rings. The highest BCUT2D eigenvalue weighted by Gasteiger charge is 2.35. The zero-order valence-corrected chi connectivity index (χ0v) is 14.3. The Morgan fingerprint density at radius 2 is 2.05 bits per heavy atom. The van der Waals surface area contributed by atoms with Crippen LogP contribution in [0.15, 0.2) is 10.5 Å². The van der Waals surface area contributed by atoms with Crippen LogP contribution in [0, 0.1) is 12.3 Å². The van der Waals surface area contributed by atoms with Crippen molar-refractivity contribution in [1.29, 1.82) is 0 Å². The Hall–Kier alpha value is -0.800. The van der Waals surface area contributed by atoms with Crippen LogP contribution in [0.1, 0.15) is 63.5 Å². The highest BCUT2D eigenvalue weighted by molar-refractivity contribution is 5.20. The molecule has 0 aliphatic carbocycles. The summed E-state index contributed by atoms with van der Waals surface area (Å²) in [5.74, 6) is 2.23. The van der Waals surface area contributed by atoms with Gasteiger partial charge in [0.05, 0.1) is 13.1 Å². The minimum Gasteiger partial charge on any atom is -0.463 e. The molecular weight excluding hydrogens is 260 g/mol. The normalized spacial score (nSPS) is 18.5. The van der Waals surface area contributed by atoms with E-state index in [1.165, 1.54) is 37.9 Å². The van der Waals surface area contributed by atoms with Gasteiger partial charge in [-0.15, -0.1) is 0 Å². The first-order valence-electron chi connectivity index (χ1n) is 8.63. The van der Waals surface area contributed by atoms with Gasteiger partial charge >= 0.3 is 0 Å². The van der Waals surface area contributed by atoms with E-state index in [2.05, 4.69) is 44.0 Å². The van der Waals surface area contributed by atoms with E-state index in [0.29, 0.717) is 5.41 Å². The van der Waals surface area contributed by atoms with Gasteiger partial charge in [-0.2, -0.15) is 0 Å². The lowest BCUT2D eigenvalue weighted by atomic mass is 9.82. The van der Waals surface area contributed by atoms with Gasteiger partial charge in [0.2, 0.25) is 0 Å². The predicted octanol–water partition coefficient (Wildman–Crippen LogP) is 4.10. The molecule has 0 aromatic carbocycles. The summed E-state index contributed by atoms with van der Waals surface area (Å²) in [6, 6.07) is 2.22. The monoisotopic (exact) mass is 292 g/mol. The van der Waals surface area contributed by atoms with Gasteiger partial charge in [-0.1, -0.05) is 20.8 Å². The fourth-order valence-electron chi connectivity index (χ4n) is 3.43. The number of aryl methyl sites for hydroxylation is 1. The quantitative estimate of drug-likeness (QED) is 0.731. The third-order valence-corrected chi connectivity index (χ3v) is 5.18. The Kier molecular flexibility index (Phi) is 5.88. The second-order valence-corrected chi connectivity index (χ2v) is 6.66. The Balaban J connectivity index is 1.90. The van der Waals surface area contributed by atoms with Crippen LogP contribution in [-0.2, 0) is 13.1 Å². The summed E-state index contributed by atoms with van der Waals surface area (Å²) in [6.45, 7) is 14.3. The zero-order valence-electron chi connectivity index (χ0n) is 14.3. The lowest BCUT2D eigenvalue weighted by Crippen LogP contribution is -2.25. The molecule has 2 rings (SSSR count). The van der Waals surface area contributed by atoms with Crippen molar-refractivity contribution in [2.75, 3.05) is 19.6 Å². The zero-order chi connectivity index (χ0) is 15.3. The molecule has 3 heteroatoms. The SMILES string of the molecule is CCCNCc1oc(CN2CCC(CC)(CC)C2)cc1C. The van der Waals surface area contributed by atoms with Crippen molar-refractivity contribution in [2.45, 2.75) is 66.5 Å². The molecule has 21 heavy (non-hydrogen) atoms. The van der Waals surface area contributed by atoms with Crippen molar-refractivity contribution < 1.29 is 4.42 Å². The highest BCUT2D eigenvalue weighted by atomic mass is 16.3. The molecule has 0 atom stereocenters. The lowest BCUT2D eigenvalue weighted by Gasteiger charge is -2.26. The van der Waals surface area contributed by atoms with E-state index in [4.69, 9.17) is 4.42 Å². The topological polar surface area (TPSA) is 28.4 Å². The fourth-order valence-corrected chi connectivity index (χ4v) is 3.43. The Bertz CT molecular complexity index is 434. The van der Waals surface area contributed by atoms with E-state index in [-0.39, 0.29) is 0 Å². The second kappa shape index (κ2) is 7.46. The molecule has 0 unspecified atom stereocenters. The molecular formula is C18H32N2O. The highest BCUT2D eigenvalue weighted by Crippen LogP contribution is 2.37. The maximum absolute atomic E-state index is 6.05. The van der Waals surface area contributed by atoms with E-state index in [1.807, 2.05) is 0 Å². The van der Waals surface area contributed by atoms with Crippen LogP contribution >= 0.6 is 0 Å². The van der Waals surface area contributed by atoms with Crippen molar-refractivity contribution in [3.8, 4) is 0 Å². The maximum atomic E-state index is 6.05. The number of furan rings is 1. The summed E-state index contributed by atoms with van der Waals surface area (Å²) < 4.78 is 6.05. The molecule has 1 saturated heterocycles. The first kappa shape index (κ1) is 16.6. The molecule has 2 heterocycles. The second-order valence-electron chi connectivity index (χ2n) is 6.66. The van der Waals surface area contributed by atoms with Gasteiger partial charge in [-0.25, -0.2) is 0 Å². The smallest absolute Gasteiger partial charge is 0.120 e. The summed E-state index contributed by atoms with van der Waals surface area (Å²) in [5.41, 5.74) is 1.83. The minimum atomic E-state index is 0.549. The average molecular weight is 292 g/mol. The van der Waals surface area contributed by atoms with Crippen molar-refractivity contribution >= 4 is 0 Å². The van der Waals surface area contributed by atoms with Crippen LogP contribution in [-0.4, -0.2) is 24.5 Å². The number of nitrogens with one attached hydrogen (secondary N) is 1. The van der Waals surface area contributed by atoms with Gasteiger partial charge in [0.1, 0.15) is 11.5 Å². The largest absolute Gasteiger partial charge is 0.463 e. The minimum absolute atomic E-state index is 0.549. The number of likely N-dealkylation sites (tertiary alicyclic amines) is 1. The molecule has 0 saturated carbocycles. The van der Waals surface area contributed by atoms with E-state index >= 15 is 0 Å². The van der Waals surface area contributed by atoms with Crippen LogP contribution in [0.5, 0.6) is 0 Å². The number of hydrogen-bond acceptors (Lipinski definition) is 3. The molecule has 3 nitrogen and oxygen atoms in total. The van der Waals surface area contributed by atoms with Gasteiger partial charge in [0.15, 0.2) is 0 Å². The van der Waals surface area contributed by atoms with Gasteiger partial charge in [0, 0.05) is 6.54 Å². The third-order valence-electron chi connectivity index (χ3n) is 5.18. The molecule has 1 aromatic heterocycles. The summed E-state index contributed by atoms with van der Waals surface area (Å²) in [4.78, 5) is 2.56. The third kappa shape index (κ3) is 4.10. The van der Waals surface area contributed by atoms with Gasteiger partial charge in [-0.05, 0) is 62.7 Å². The van der Waals surface area contributed by atoms with Gasteiger partial charge < -0.3 is 9.73 Å². The molecule has 0 bridgehead atoms. The Morgan fingerprint density at radius 1 is 1.29 bits per heavy atom. The van der Waals surface area contributed by atoms with Crippen molar-refractivity contribution in [3.05, 3.63) is 23.2 Å². The molecule has 0 spiro atoms. The molecule has 0 radical (unpaired) electrons. The van der Waals surface area contributed by atoms with Crippen molar-refractivity contribution in [1.82, 2.24) is 10.2 Å². The van der Waals surface area contributed by atoms with E-state index in [9.17, 15) is 0 Å². The average Bonchev–Trinajstić information content (AvgIpc) is 3.04. The number of rotatable bonds is 8. The standard InChI is InChI=1S/C18H32N2O/c1-5-9-19-12-17-15(4)11-16(21-17)13-20-10-8-18(6-2,7-3)14-20/h11,19H,5-10,12-14H2,1-4H3. The molecule has 0 amide bonds. The predicted molar refractivity (Wildman–Crippen MR) is 88.4 cm³/mol. The molecule has 120 valence electrons. The van der Waals surface area contributed by atoms with Crippen LogP contribution < -0.4 is 5.32 Å². The first-order valence-corrected chi connectivity index (χ1v) is 8.63. The maximum Gasteiger partial charge on any atom is 0.120 e. The van der Waals surface area contributed by atoms with Crippen molar-refractivity contribution in [3.63, 3.8) is 0 Å². The van der Waals surface area contributed by atoms with Crippen LogP contribution in [0.25, 0.3) is 0 Å². The summed E-state index contributed by atoms with van der Waals surface area (Å²) in [6.07, 6.45) is 5.09. The molecule has 1 aromatic rings. The van der Waals surface area contributed by atoms with Crippen LogP contribution in [0.4, 0.5) is 0 Å². The Labute approximate surface area is 130 Å². The molecule has 1 N–H and O–H groups in total. The lowest BCUT2D eigenvalue weighted by molar-refractivity contribution is 0.224. The summed E-state index contributed by atoms with van der Waals surface area (Å²) in [5, 5.41) is 3.42. The van der Waals surface area contributed by atoms with Crippen LogP contribution in [0.3, 0.4) is 0 Å².